The van der Waals surface area contributed by atoms with Gasteiger partial charge < -0.3 is 29.6 Å². The van der Waals surface area contributed by atoms with E-state index in [0.29, 0.717) is 62.1 Å². The summed E-state index contributed by atoms with van der Waals surface area (Å²) < 4.78 is 36.6. The standard InChI is InChI=1S/C44H60ClN5O10S/c1-3-4-16-38-47-40(45)37(29-51)48(38)28-31-17-19-32(20-18-31)35-14-8-9-15-36(35)50(61(57)58)39(52)21-24-46-43(56)49(34-12-6-5-7-13-34)42(55)44(22-10-11-23-44)27-33(41(53)54)30-60-26-25-59-2/h8-9,14-15,17-20,33-34,51H,3-7,10-13,16,21-30H2,1-2H3,(H,46,56)(H,53,54)(H,57,58). The van der Waals surface area contributed by atoms with E-state index in [1.807, 2.05) is 28.8 Å². The van der Waals surface area contributed by atoms with E-state index in [0.717, 1.165) is 60.6 Å². The smallest absolute Gasteiger partial charge is 0.324 e. The number of hydrogen-bond acceptors (Lipinski definition) is 9. The lowest BCUT2D eigenvalue weighted by Crippen LogP contribution is -2.55. The van der Waals surface area contributed by atoms with E-state index >= 15 is 0 Å². The van der Waals surface area contributed by atoms with Crippen molar-refractivity contribution in [2.75, 3.05) is 37.8 Å². The summed E-state index contributed by atoms with van der Waals surface area (Å²) in [6.45, 7) is 2.47. The van der Waals surface area contributed by atoms with Crippen molar-refractivity contribution in [3.8, 4) is 11.1 Å². The van der Waals surface area contributed by atoms with Crippen LogP contribution in [0.25, 0.3) is 11.1 Å². The number of carbonyl (C=O) groups is 4. The van der Waals surface area contributed by atoms with Gasteiger partial charge in [-0.25, -0.2) is 18.3 Å². The molecule has 2 aliphatic rings. The lowest BCUT2D eigenvalue weighted by atomic mass is 9.76. The number of aliphatic hydroxyl groups excluding tert-OH is 1. The number of carboxylic acid groups (broad SMARTS) is 1. The molecule has 2 saturated carbocycles. The SMILES string of the molecule is CCCCc1nc(Cl)c(CO)n1Cc1ccc(-c2ccccc2N(C(=O)CCNC(=O)N(C(=O)C2(CC(COCCOC)C(=O)O)CCCC2)C2CCCCC2)S(=O)O)cc1. The predicted octanol–water partition coefficient (Wildman–Crippen LogP) is 7.13. The third kappa shape index (κ3) is 12.3. The van der Waals surface area contributed by atoms with Crippen molar-refractivity contribution >= 4 is 52.4 Å². The highest BCUT2D eigenvalue weighted by Crippen LogP contribution is 2.46. The van der Waals surface area contributed by atoms with E-state index in [1.165, 1.54) is 12.0 Å². The van der Waals surface area contributed by atoms with Gasteiger partial charge >= 0.3 is 12.0 Å². The fraction of sp³-hybridized carbons (Fsp3) is 0.568. The third-order valence-corrected chi connectivity index (χ3v) is 12.9. The van der Waals surface area contributed by atoms with Crippen LogP contribution in [0.15, 0.2) is 48.5 Å². The van der Waals surface area contributed by atoms with Gasteiger partial charge in [-0.1, -0.05) is 99.5 Å². The number of aromatic nitrogens is 2. The maximum absolute atomic E-state index is 14.6. The monoisotopic (exact) mass is 885 g/mol. The molecule has 4 N–H and O–H groups in total. The number of halogens is 1. The van der Waals surface area contributed by atoms with Gasteiger partial charge in [0.1, 0.15) is 5.82 Å². The fourth-order valence-corrected chi connectivity index (χ4v) is 9.49. The highest BCUT2D eigenvalue weighted by molar-refractivity contribution is 7.81. The molecule has 0 aliphatic heterocycles. The van der Waals surface area contributed by atoms with Crippen molar-refractivity contribution in [2.45, 2.75) is 116 Å². The number of methoxy groups -OCH3 is 1. The van der Waals surface area contributed by atoms with Gasteiger partial charge in [0.05, 0.1) is 49.1 Å². The molecule has 2 unspecified atom stereocenters. The molecule has 17 heteroatoms. The van der Waals surface area contributed by atoms with Crippen LogP contribution in [0.2, 0.25) is 5.15 Å². The number of aliphatic hydroxyl groups is 1. The first kappa shape index (κ1) is 47.9. The molecule has 0 spiro atoms. The summed E-state index contributed by atoms with van der Waals surface area (Å²) in [5.41, 5.74) is 1.79. The molecule has 1 aromatic heterocycles. The Morgan fingerprint density at radius 1 is 1.03 bits per heavy atom. The number of aliphatic carboxylic acids is 1. The van der Waals surface area contributed by atoms with Crippen molar-refractivity contribution in [3.05, 3.63) is 70.8 Å². The molecule has 5 rings (SSSR count). The number of para-hydroxylation sites is 1. The Balaban J connectivity index is 1.30. The van der Waals surface area contributed by atoms with E-state index < -0.39 is 46.4 Å². The highest BCUT2D eigenvalue weighted by Gasteiger charge is 2.49. The van der Waals surface area contributed by atoms with Crippen molar-refractivity contribution in [1.82, 2.24) is 19.8 Å². The maximum atomic E-state index is 14.6. The first-order valence-electron chi connectivity index (χ1n) is 21.3. The molecule has 0 saturated heterocycles. The van der Waals surface area contributed by atoms with Gasteiger partial charge in [0, 0.05) is 44.6 Å². The summed E-state index contributed by atoms with van der Waals surface area (Å²) in [7, 11) is 1.52. The zero-order valence-corrected chi connectivity index (χ0v) is 36.8. The molecule has 0 radical (unpaired) electrons. The largest absolute Gasteiger partial charge is 0.481 e. The van der Waals surface area contributed by atoms with Crippen LogP contribution in [0, 0.1) is 11.3 Å². The minimum atomic E-state index is -2.77. The maximum Gasteiger partial charge on any atom is 0.324 e. The predicted molar refractivity (Wildman–Crippen MR) is 232 cm³/mol. The quantitative estimate of drug-likeness (QED) is 0.0591. The Morgan fingerprint density at radius 2 is 1.74 bits per heavy atom. The van der Waals surface area contributed by atoms with Crippen LogP contribution >= 0.6 is 11.6 Å². The molecular formula is C44H60ClN5O10S. The summed E-state index contributed by atoms with van der Waals surface area (Å²) in [5.74, 6) is -2.36. The van der Waals surface area contributed by atoms with E-state index in [2.05, 4.69) is 17.2 Å². The second-order valence-corrected chi connectivity index (χ2v) is 17.2. The normalized spacial score (nSPS) is 16.2. The Labute approximate surface area is 365 Å². The van der Waals surface area contributed by atoms with Crippen molar-refractivity contribution in [2.24, 2.45) is 11.3 Å². The van der Waals surface area contributed by atoms with Crippen LogP contribution in [-0.4, -0.2) is 96.8 Å². The molecule has 0 bridgehead atoms. The molecule has 2 fully saturated rings. The number of nitrogens with zero attached hydrogens (tertiary/aromatic N) is 4. The summed E-state index contributed by atoms with van der Waals surface area (Å²) in [4.78, 5) is 60.6. The van der Waals surface area contributed by atoms with Gasteiger partial charge in [0.25, 0.3) is 11.3 Å². The molecular weight excluding hydrogens is 826 g/mol. The minimum Gasteiger partial charge on any atom is -0.481 e. The topological polar surface area (TPSA) is 201 Å². The molecule has 2 aliphatic carbocycles. The third-order valence-electron chi connectivity index (χ3n) is 11.9. The number of hydrogen-bond donors (Lipinski definition) is 4. The molecule has 61 heavy (non-hydrogen) atoms. The Bertz CT molecular complexity index is 1970. The second-order valence-electron chi connectivity index (χ2n) is 16.0. The van der Waals surface area contributed by atoms with Gasteiger partial charge in [-0.05, 0) is 55.7 Å². The number of benzene rings is 2. The van der Waals surface area contributed by atoms with Crippen LogP contribution in [0.3, 0.4) is 0 Å². The van der Waals surface area contributed by atoms with Crippen LogP contribution in [-0.2, 0) is 54.7 Å². The molecule has 15 nitrogen and oxygen atoms in total. The molecule has 3 aromatic rings. The first-order valence-corrected chi connectivity index (χ1v) is 22.8. The summed E-state index contributed by atoms with van der Waals surface area (Å²) in [6.07, 6.45) is 8.54. The molecule has 1 heterocycles. The zero-order chi connectivity index (χ0) is 43.9. The number of carboxylic acids is 1. The van der Waals surface area contributed by atoms with E-state index in [-0.39, 0.29) is 56.1 Å². The number of rotatable bonds is 22. The van der Waals surface area contributed by atoms with Gasteiger partial charge in [-0.3, -0.25) is 23.8 Å². The average molecular weight is 887 g/mol. The Morgan fingerprint density at radius 3 is 2.38 bits per heavy atom. The van der Waals surface area contributed by atoms with Gasteiger partial charge in [0.2, 0.25) is 11.8 Å². The van der Waals surface area contributed by atoms with Crippen LogP contribution in [0.4, 0.5) is 10.5 Å². The molecule has 2 atom stereocenters. The van der Waals surface area contributed by atoms with Gasteiger partial charge in [-0.2, -0.15) is 0 Å². The van der Waals surface area contributed by atoms with E-state index in [4.69, 9.17) is 21.1 Å². The second kappa shape index (κ2) is 23.3. The number of unbranched alkanes of at least 4 members (excludes halogenated alkanes) is 1. The number of imidazole rings is 1. The number of imide groups is 1. The number of aryl methyl sites for hydroxylation is 1. The average Bonchev–Trinajstić information content (AvgIpc) is 3.85. The molecule has 334 valence electrons. The Kier molecular flexibility index (Phi) is 18.3. The lowest BCUT2D eigenvalue weighted by molar-refractivity contribution is -0.149. The number of ether oxygens (including phenoxy) is 2. The Hall–Kier alpha value is -4.19. The van der Waals surface area contributed by atoms with Crippen molar-refractivity contribution in [1.29, 1.82) is 0 Å². The number of amides is 4. The first-order chi connectivity index (χ1) is 29.4. The number of urea groups is 1. The highest BCUT2D eigenvalue weighted by atomic mass is 35.5. The number of anilines is 1. The number of carbonyl (C=O) groups excluding carboxylic acids is 3. The van der Waals surface area contributed by atoms with Crippen LogP contribution in [0.1, 0.15) is 107 Å². The van der Waals surface area contributed by atoms with Gasteiger partial charge in [0.15, 0.2) is 5.15 Å². The van der Waals surface area contributed by atoms with Crippen LogP contribution in [0.5, 0.6) is 0 Å². The zero-order valence-electron chi connectivity index (χ0n) is 35.2. The van der Waals surface area contributed by atoms with Crippen molar-refractivity contribution < 1.29 is 47.6 Å². The molecule has 4 amide bonds. The van der Waals surface area contributed by atoms with Gasteiger partial charge in [-0.15, -0.1) is 0 Å². The van der Waals surface area contributed by atoms with Crippen molar-refractivity contribution in [3.63, 3.8) is 0 Å². The molecule has 2 aromatic carbocycles. The van der Waals surface area contributed by atoms with E-state index in [1.54, 1.807) is 24.3 Å². The summed E-state index contributed by atoms with van der Waals surface area (Å²) in [5, 5.41) is 23.1. The van der Waals surface area contributed by atoms with Crippen LogP contribution < -0.4 is 9.62 Å². The van der Waals surface area contributed by atoms with E-state index in [9.17, 15) is 38.2 Å². The summed E-state index contributed by atoms with van der Waals surface area (Å²) >= 11 is 3.58. The number of nitrogens with one attached hydrogen (secondary N) is 1. The minimum absolute atomic E-state index is 0.0344. The fourth-order valence-electron chi connectivity index (χ4n) is 8.64. The lowest BCUT2D eigenvalue weighted by Gasteiger charge is -2.40. The summed E-state index contributed by atoms with van der Waals surface area (Å²) in [6, 6.07) is 13.2.